The van der Waals surface area contributed by atoms with E-state index in [2.05, 4.69) is 40.6 Å². The van der Waals surface area contributed by atoms with Gasteiger partial charge in [-0.05, 0) is 80.0 Å². The van der Waals surface area contributed by atoms with Crippen molar-refractivity contribution in [2.24, 2.45) is 11.8 Å². The van der Waals surface area contributed by atoms with E-state index in [4.69, 9.17) is 4.74 Å². The topological polar surface area (TPSA) is 32.8 Å². The highest BCUT2D eigenvalue weighted by molar-refractivity contribution is 5.78. The van der Waals surface area contributed by atoms with Crippen LogP contribution in [0.3, 0.4) is 0 Å². The van der Waals surface area contributed by atoms with Crippen LogP contribution in [0.4, 0.5) is 0 Å². The monoisotopic (exact) mass is 406 g/mol. The first-order chi connectivity index (χ1) is 14.6. The lowest BCUT2D eigenvalue weighted by Gasteiger charge is -2.46. The third-order valence-corrected chi connectivity index (χ3v) is 7.17. The predicted molar refractivity (Wildman–Crippen MR) is 121 cm³/mol. The van der Waals surface area contributed by atoms with Gasteiger partial charge in [-0.15, -0.1) is 0 Å². The number of piperidine rings is 3. The fourth-order valence-corrected chi connectivity index (χ4v) is 5.46. The molecule has 2 atom stereocenters. The van der Waals surface area contributed by atoms with Gasteiger partial charge in [0.2, 0.25) is 5.91 Å². The normalized spacial score (nSPS) is 28.5. The molecule has 0 radical (unpaired) electrons. The van der Waals surface area contributed by atoms with Gasteiger partial charge in [-0.2, -0.15) is 0 Å². The van der Waals surface area contributed by atoms with E-state index in [9.17, 15) is 4.79 Å². The molecule has 5 rings (SSSR count). The van der Waals surface area contributed by atoms with Crippen molar-refractivity contribution in [3.8, 4) is 0 Å². The molecule has 3 fully saturated rings. The van der Waals surface area contributed by atoms with Gasteiger partial charge in [0.15, 0.2) is 0 Å². The number of ether oxygens (including phenoxy) is 1. The third-order valence-electron chi connectivity index (χ3n) is 7.17. The fourth-order valence-electron chi connectivity index (χ4n) is 5.46. The summed E-state index contributed by atoms with van der Waals surface area (Å²) in [7, 11) is 1.67. The molecule has 4 nitrogen and oxygen atoms in total. The second-order valence-corrected chi connectivity index (χ2v) is 8.84. The fraction of sp³-hybridized carbons (Fsp3) is 0.500. The Bertz CT molecular complexity index is 848. The van der Waals surface area contributed by atoms with Crippen LogP contribution < -0.4 is 0 Å². The van der Waals surface area contributed by atoms with Crippen LogP contribution in [0, 0.1) is 11.8 Å². The van der Waals surface area contributed by atoms with E-state index in [1.807, 2.05) is 25.2 Å². The first-order valence-corrected chi connectivity index (χ1v) is 11.3. The molecule has 0 N–H and O–H groups in total. The second-order valence-electron chi connectivity index (χ2n) is 8.84. The SMILES string of the molecule is C=C(/C=C\C(=C/C)OC)[C@@H]1c2ccccc2CCN1C(=O)C[C@@H]1CN2CCC1CC2. The zero-order chi connectivity index (χ0) is 21.1. The number of carbonyl (C=O) groups excluding carboxylic acids is 1. The molecule has 2 bridgehead atoms. The van der Waals surface area contributed by atoms with Crippen molar-refractivity contribution in [3.05, 3.63) is 71.5 Å². The van der Waals surface area contributed by atoms with Crippen LogP contribution in [0.15, 0.2) is 60.4 Å². The molecule has 4 heterocycles. The van der Waals surface area contributed by atoms with Crippen LogP contribution in [-0.4, -0.2) is 49.0 Å². The lowest BCUT2D eigenvalue weighted by molar-refractivity contribution is -0.136. The van der Waals surface area contributed by atoms with Gasteiger partial charge in [0, 0.05) is 19.5 Å². The number of benzene rings is 1. The Labute approximate surface area is 180 Å². The molecule has 160 valence electrons. The quantitative estimate of drug-likeness (QED) is 0.515. The predicted octanol–water partition coefficient (Wildman–Crippen LogP) is 4.51. The average Bonchev–Trinajstić information content (AvgIpc) is 2.79. The number of amides is 1. The summed E-state index contributed by atoms with van der Waals surface area (Å²) in [6, 6.07) is 8.38. The number of rotatable bonds is 6. The zero-order valence-electron chi connectivity index (χ0n) is 18.3. The Balaban J connectivity index is 1.56. The highest BCUT2D eigenvalue weighted by atomic mass is 16.5. The average molecular weight is 407 g/mol. The van der Waals surface area contributed by atoms with E-state index in [1.165, 1.54) is 37.1 Å². The number of methoxy groups -OCH3 is 1. The molecule has 0 saturated carbocycles. The van der Waals surface area contributed by atoms with Crippen LogP contribution in [0.1, 0.15) is 43.4 Å². The maximum Gasteiger partial charge on any atom is 0.223 e. The standard InChI is InChI=1S/C26H34N2O2/c1-4-23(30-3)10-9-19(2)26-24-8-6-5-7-21(24)13-16-28(26)25(29)17-22-18-27-14-11-20(22)12-15-27/h4-10,20,22,26H,2,11-18H2,1,3H3/b10-9-,23-4+/t22-,26-/m1/s1. The largest absolute Gasteiger partial charge is 0.497 e. The van der Waals surface area contributed by atoms with Crippen LogP contribution in [-0.2, 0) is 16.0 Å². The van der Waals surface area contributed by atoms with E-state index < -0.39 is 0 Å². The molecular formula is C26H34N2O2. The molecular weight excluding hydrogens is 372 g/mol. The van der Waals surface area contributed by atoms with Gasteiger partial charge in [-0.3, -0.25) is 4.79 Å². The summed E-state index contributed by atoms with van der Waals surface area (Å²) in [5, 5.41) is 0. The van der Waals surface area contributed by atoms with E-state index >= 15 is 0 Å². The summed E-state index contributed by atoms with van der Waals surface area (Å²) in [5.74, 6) is 2.30. The number of nitrogens with zero attached hydrogens (tertiary/aromatic N) is 2. The van der Waals surface area contributed by atoms with Gasteiger partial charge in [0.1, 0.15) is 5.76 Å². The van der Waals surface area contributed by atoms with Crippen molar-refractivity contribution in [1.29, 1.82) is 0 Å². The summed E-state index contributed by atoms with van der Waals surface area (Å²) >= 11 is 0. The Hall–Kier alpha value is -2.33. The van der Waals surface area contributed by atoms with Crippen molar-refractivity contribution in [3.63, 3.8) is 0 Å². The number of allylic oxidation sites excluding steroid dienone is 2. The lowest BCUT2D eigenvalue weighted by atomic mass is 9.77. The van der Waals surface area contributed by atoms with Gasteiger partial charge in [0.05, 0.1) is 13.2 Å². The minimum Gasteiger partial charge on any atom is -0.497 e. The Morgan fingerprint density at radius 3 is 2.63 bits per heavy atom. The smallest absolute Gasteiger partial charge is 0.223 e. The molecule has 1 aromatic rings. The van der Waals surface area contributed by atoms with E-state index in [-0.39, 0.29) is 11.9 Å². The molecule has 30 heavy (non-hydrogen) atoms. The lowest BCUT2D eigenvalue weighted by Crippen LogP contribution is -2.49. The first-order valence-electron chi connectivity index (χ1n) is 11.3. The van der Waals surface area contributed by atoms with Crippen molar-refractivity contribution < 1.29 is 9.53 Å². The van der Waals surface area contributed by atoms with Crippen LogP contribution in [0.2, 0.25) is 0 Å². The van der Waals surface area contributed by atoms with E-state index in [0.717, 1.165) is 36.8 Å². The Morgan fingerprint density at radius 2 is 1.97 bits per heavy atom. The maximum absolute atomic E-state index is 13.5. The van der Waals surface area contributed by atoms with Gasteiger partial charge in [-0.1, -0.05) is 36.9 Å². The molecule has 0 spiro atoms. The minimum atomic E-state index is -0.102. The van der Waals surface area contributed by atoms with Crippen molar-refractivity contribution in [2.75, 3.05) is 33.3 Å². The molecule has 1 aromatic carbocycles. The minimum absolute atomic E-state index is 0.102. The van der Waals surface area contributed by atoms with Gasteiger partial charge >= 0.3 is 0 Å². The summed E-state index contributed by atoms with van der Waals surface area (Å²) in [6.07, 6.45) is 9.94. The van der Waals surface area contributed by atoms with E-state index in [0.29, 0.717) is 12.3 Å². The highest BCUT2D eigenvalue weighted by Gasteiger charge is 2.38. The molecule has 0 aromatic heterocycles. The highest BCUT2D eigenvalue weighted by Crippen LogP contribution is 2.38. The van der Waals surface area contributed by atoms with E-state index in [1.54, 1.807) is 7.11 Å². The molecule has 4 aliphatic rings. The van der Waals surface area contributed by atoms with Crippen molar-refractivity contribution >= 4 is 5.91 Å². The molecule has 3 saturated heterocycles. The molecule has 0 unspecified atom stereocenters. The zero-order valence-corrected chi connectivity index (χ0v) is 18.3. The maximum atomic E-state index is 13.5. The first kappa shape index (κ1) is 20.9. The third kappa shape index (κ3) is 4.24. The molecule has 0 aliphatic carbocycles. The van der Waals surface area contributed by atoms with Crippen molar-refractivity contribution in [1.82, 2.24) is 9.80 Å². The summed E-state index contributed by atoms with van der Waals surface area (Å²) in [6.45, 7) is 10.6. The number of fused-ring (bicyclic) bond motifs is 4. The van der Waals surface area contributed by atoms with Gasteiger partial charge in [0.25, 0.3) is 0 Å². The second kappa shape index (κ2) is 9.22. The van der Waals surface area contributed by atoms with Crippen LogP contribution >= 0.6 is 0 Å². The van der Waals surface area contributed by atoms with Crippen molar-refractivity contribution in [2.45, 2.75) is 38.6 Å². The van der Waals surface area contributed by atoms with Crippen LogP contribution in [0.25, 0.3) is 0 Å². The number of hydrogen-bond acceptors (Lipinski definition) is 3. The Morgan fingerprint density at radius 1 is 1.20 bits per heavy atom. The molecule has 4 heteroatoms. The summed E-state index contributed by atoms with van der Waals surface area (Å²) < 4.78 is 5.36. The summed E-state index contributed by atoms with van der Waals surface area (Å²) in [4.78, 5) is 18.1. The Kier molecular flexibility index (Phi) is 6.43. The van der Waals surface area contributed by atoms with Gasteiger partial charge in [-0.25, -0.2) is 0 Å². The molecule has 4 aliphatic heterocycles. The number of hydrogen-bond donors (Lipinski definition) is 0. The molecule has 1 amide bonds. The van der Waals surface area contributed by atoms with Crippen LogP contribution in [0.5, 0.6) is 0 Å². The van der Waals surface area contributed by atoms with Gasteiger partial charge < -0.3 is 14.5 Å². The number of carbonyl (C=O) groups is 1. The summed E-state index contributed by atoms with van der Waals surface area (Å²) in [5.41, 5.74) is 3.46.